The average molecular weight is 279 g/mol. The summed E-state index contributed by atoms with van der Waals surface area (Å²) >= 11 is 0. The minimum atomic E-state index is 0. The molecule has 0 N–H and O–H groups in total. The summed E-state index contributed by atoms with van der Waals surface area (Å²) in [5.41, 5.74) is 1.09. The molecule has 0 unspecified atom stereocenters. The molecule has 1 aromatic heterocycles. The van der Waals surface area contributed by atoms with Crippen molar-refractivity contribution in [3.63, 3.8) is 0 Å². The van der Waals surface area contributed by atoms with E-state index in [0.29, 0.717) is 0 Å². The Bertz CT molecular complexity index is 143. The van der Waals surface area contributed by atoms with Crippen LogP contribution in [-0.4, -0.2) is 9.78 Å². The van der Waals surface area contributed by atoms with E-state index in [1.54, 1.807) is 4.68 Å². The van der Waals surface area contributed by atoms with Gasteiger partial charge < -0.3 is 9.78 Å². The van der Waals surface area contributed by atoms with Gasteiger partial charge in [-0.2, -0.15) is 5.56 Å². The molecule has 44 valence electrons. The standard InChI is InChI=1S/C5H7N2.W/c1-5-3-6-7(2)4-5;/h4H,1-2H3;/q-1;. The Morgan fingerprint density at radius 2 is 2.38 bits per heavy atom. The van der Waals surface area contributed by atoms with Gasteiger partial charge in [0.2, 0.25) is 0 Å². The molecule has 1 heterocycles. The monoisotopic (exact) mass is 279 g/mol. The molecule has 0 bridgehead atoms. The van der Waals surface area contributed by atoms with Crippen LogP contribution in [0.1, 0.15) is 5.56 Å². The Balaban J connectivity index is 0.000000490. The molecule has 0 aliphatic carbocycles. The van der Waals surface area contributed by atoms with Crippen molar-refractivity contribution in [2.45, 2.75) is 6.92 Å². The van der Waals surface area contributed by atoms with E-state index in [4.69, 9.17) is 0 Å². The van der Waals surface area contributed by atoms with Gasteiger partial charge in [-0.3, -0.25) is 0 Å². The second kappa shape index (κ2) is 3.03. The van der Waals surface area contributed by atoms with Crippen LogP contribution in [0.5, 0.6) is 0 Å². The Labute approximate surface area is 63.2 Å². The van der Waals surface area contributed by atoms with Crippen molar-refractivity contribution in [2.75, 3.05) is 0 Å². The van der Waals surface area contributed by atoms with Crippen molar-refractivity contribution in [1.29, 1.82) is 0 Å². The van der Waals surface area contributed by atoms with E-state index in [2.05, 4.69) is 11.3 Å². The van der Waals surface area contributed by atoms with Crippen LogP contribution in [0.25, 0.3) is 0 Å². The molecule has 0 radical (unpaired) electrons. The molecule has 0 saturated carbocycles. The van der Waals surface area contributed by atoms with Gasteiger partial charge in [-0.15, -0.1) is 12.4 Å². The molecule has 0 aliphatic heterocycles. The maximum atomic E-state index is 3.81. The van der Waals surface area contributed by atoms with Crippen molar-refractivity contribution in [3.05, 3.63) is 18.0 Å². The SMILES string of the molecule is Cc1[c-]nn(C)c1.[W]. The van der Waals surface area contributed by atoms with Gasteiger partial charge in [-0.05, 0) is 0 Å². The van der Waals surface area contributed by atoms with Crippen molar-refractivity contribution >= 4 is 0 Å². The van der Waals surface area contributed by atoms with E-state index in [1.165, 1.54) is 0 Å². The fourth-order valence-corrected chi connectivity index (χ4v) is 0.496. The van der Waals surface area contributed by atoms with Crippen LogP contribution >= 0.6 is 0 Å². The quantitative estimate of drug-likeness (QED) is 0.633. The fourth-order valence-electron chi connectivity index (χ4n) is 0.496. The number of nitrogens with zero attached hydrogens (tertiary/aromatic N) is 2. The first kappa shape index (κ1) is 7.90. The molecule has 0 aromatic carbocycles. The summed E-state index contributed by atoms with van der Waals surface area (Å²) in [6, 6.07) is 0. The number of hydrogen-bond acceptors (Lipinski definition) is 1. The normalized spacial score (nSPS) is 8.25. The van der Waals surface area contributed by atoms with Crippen molar-refractivity contribution in [1.82, 2.24) is 9.78 Å². The molecule has 0 spiro atoms. The summed E-state index contributed by atoms with van der Waals surface area (Å²) < 4.78 is 1.73. The van der Waals surface area contributed by atoms with Gasteiger partial charge in [0.15, 0.2) is 0 Å². The summed E-state index contributed by atoms with van der Waals surface area (Å²) in [5.74, 6) is 0. The first-order valence-electron chi connectivity index (χ1n) is 2.17. The zero-order valence-corrected chi connectivity index (χ0v) is 7.81. The molecule has 2 nitrogen and oxygen atoms in total. The van der Waals surface area contributed by atoms with Gasteiger partial charge in [0.1, 0.15) is 0 Å². The van der Waals surface area contributed by atoms with Gasteiger partial charge in [0, 0.05) is 28.1 Å². The third-order valence-electron chi connectivity index (χ3n) is 0.765. The number of aryl methyl sites for hydroxylation is 2. The van der Waals surface area contributed by atoms with Gasteiger partial charge in [-0.1, -0.05) is 6.92 Å². The summed E-state index contributed by atoms with van der Waals surface area (Å²) in [6.45, 7) is 1.97. The van der Waals surface area contributed by atoms with Crippen LogP contribution in [0.3, 0.4) is 0 Å². The van der Waals surface area contributed by atoms with E-state index in [0.717, 1.165) is 5.56 Å². The van der Waals surface area contributed by atoms with E-state index >= 15 is 0 Å². The molecule has 1 aromatic rings. The van der Waals surface area contributed by atoms with Crippen LogP contribution in [0.15, 0.2) is 6.20 Å². The van der Waals surface area contributed by atoms with Gasteiger partial charge >= 0.3 is 0 Å². The van der Waals surface area contributed by atoms with E-state index < -0.39 is 0 Å². The molecule has 8 heavy (non-hydrogen) atoms. The fraction of sp³-hybridized carbons (Fsp3) is 0.400. The molecular weight excluding hydrogens is 272 g/mol. The Hall–Kier alpha value is -0.102. The van der Waals surface area contributed by atoms with Crippen molar-refractivity contribution in [3.8, 4) is 0 Å². The van der Waals surface area contributed by atoms with E-state index in [1.807, 2.05) is 20.2 Å². The average Bonchev–Trinajstić information content (AvgIpc) is 1.87. The van der Waals surface area contributed by atoms with Crippen LogP contribution in [0.2, 0.25) is 0 Å². The van der Waals surface area contributed by atoms with Gasteiger partial charge in [0.25, 0.3) is 0 Å². The second-order valence-corrected chi connectivity index (χ2v) is 1.60. The third kappa shape index (κ3) is 1.79. The summed E-state index contributed by atoms with van der Waals surface area (Å²) in [5, 5.41) is 3.81. The molecule has 0 atom stereocenters. The predicted molar refractivity (Wildman–Crippen MR) is 26.8 cm³/mol. The maximum Gasteiger partial charge on any atom is 0.00867 e. The molecule has 3 heteroatoms. The predicted octanol–water partition coefficient (Wildman–Crippen LogP) is 0.526. The molecule has 1 rings (SSSR count). The molecule has 0 aliphatic rings. The number of hydrogen-bond donors (Lipinski definition) is 0. The third-order valence-corrected chi connectivity index (χ3v) is 0.765. The van der Waals surface area contributed by atoms with Crippen LogP contribution in [0, 0.1) is 13.1 Å². The van der Waals surface area contributed by atoms with E-state index in [9.17, 15) is 0 Å². The number of aromatic nitrogens is 2. The Morgan fingerprint density at radius 1 is 1.75 bits per heavy atom. The first-order chi connectivity index (χ1) is 3.29. The topological polar surface area (TPSA) is 17.8 Å². The molecule has 0 fully saturated rings. The zero-order chi connectivity index (χ0) is 5.28. The van der Waals surface area contributed by atoms with Crippen LogP contribution in [0.4, 0.5) is 0 Å². The second-order valence-electron chi connectivity index (χ2n) is 1.60. The van der Waals surface area contributed by atoms with Crippen LogP contribution < -0.4 is 0 Å². The summed E-state index contributed by atoms with van der Waals surface area (Å²) in [6.07, 6.45) is 4.70. The Kier molecular flexibility index (Phi) is 2.99. The van der Waals surface area contributed by atoms with Crippen molar-refractivity contribution < 1.29 is 21.1 Å². The van der Waals surface area contributed by atoms with E-state index in [-0.39, 0.29) is 21.1 Å². The van der Waals surface area contributed by atoms with Gasteiger partial charge in [0.05, 0.1) is 0 Å². The Morgan fingerprint density at radius 3 is 2.50 bits per heavy atom. The molecule has 0 amide bonds. The summed E-state index contributed by atoms with van der Waals surface area (Å²) in [4.78, 5) is 0. The minimum Gasteiger partial charge on any atom is -0.372 e. The zero-order valence-electron chi connectivity index (χ0n) is 4.88. The smallest absolute Gasteiger partial charge is 0.00867 e. The largest absolute Gasteiger partial charge is 0.372 e. The maximum absolute atomic E-state index is 3.81. The van der Waals surface area contributed by atoms with Gasteiger partial charge in [-0.25, -0.2) is 0 Å². The van der Waals surface area contributed by atoms with Crippen molar-refractivity contribution in [2.24, 2.45) is 7.05 Å². The van der Waals surface area contributed by atoms with Crippen LogP contribution in [-0.2, 0) is 28.1 Å². The molecule has 0 saturated heterocycles. The summed E-state index contributed by atoms with van der Waals surface area (Å²) in [7, 11) is 1.88. The first-order valence-corrected chi connectivity index (χ1v) is 2.17. The minimum absolute atomic E-state index is 0. The molecular formula is C5H7N2W-. The number of rotatable bonds is 0.